The maximum absolute atomic E-state index is 14.1. The van der Waals surface area contributed by atoms with Crippen molar-refractivity contribution in [1.29, 1.82) is 0 Å². The number of carbonyl (C=O) groups is 2. The first-order valence-corrected chi connectivity index (χ1v) is 8.08. The Kier molecular flexibility index (Phi) is 4.70. The SMILES string of the molecule is NC(=O)c1ccc(C(N)=O)c(-c2ccc(N)c(F)c2)c1-c1ccc(N)c(F)c1. The number of primary amides is 2. The first-order chi connectivity index (χ1) is 13.2. The number of anilines is 2. The van der Waals surface area contributed by atoms with Gasteiger partial charge in [-0.05, 0) is 47.5 Å². The minimum atomic E-state index is -0.819. The molecule has 3 aromatic carbocycles. The molecule has 0 spiro atoms. The summed E-state index contributed by atoms with van der Waals surface area (Å²) >= 11 is 0. The molecule has 0 saturated heterocycles. The van der Waals surface area contributed by atoms with Crippen molar-refractivity contribution in [2.75, 3.05) is 11.5 Å². The molecule has 0 aliphatic carbocycles. The summed E-state index contributed by atoms with van der Waals surface area (Å²) in [5, 5.41) is 0. The molecule has 0 fully saturated rings. The van der Waals surface area contributed by atoms with Crippen LogP contribution in [0, 0.1) is 11.6 Å². The standard InChI is InChI=1S/C20H16F2N4O2/c21-13-7-9(1-5-15(13)23)17-11(19(25)27)3-4-12(20(26)28)18(17)10-2-6-16(24)14(22)8-10/h1-8H,23-24H2,(H2,25,27)(H2,26,28). The van der Waals surface area contributed by atoms with Gasteiger partial charge in [0.25, 0.3) is 0 Å². The summed E-state index contributed by atoms with van der Waals surface area (Å²) in [5.41, 5.74) is 22.5. The Morgan fingerprint density at radius 2 is 1.00 bits per heavy atom. The summed E-state index contributed by atoms with van der Waals surface area (Å²) in [5.74, 6) is -3.10. The van der Waals surface area contributed by atoms with Crippen LogP contribution in [0.3, 0.4) is 0 Å². The average molecular weight is 382 g/mol. The van der Waals surface area contributed by atoms with E-state index in [2.05, 4.69) is 0 Å². The molecule has 3 aromatic rings. The highest BCUT2D eigenvalue weighted by atomic mass is 19.1. The fraction of sp³-hybridized carbons (Fsp3) is 0. The van der Waals surface area contributed by atoms with Crippen molar-refractivity contribution in [3.63, 3.8) is 0 Å². The molecule has 8 heteroatoms. The third kappa shape index (κ3) is 3.23. The molecule has 6 nitrogen and oxygen atoms in total. The first kappa shape index (κ1) is 18.8. The van der Waals surface area contributed by atoms with Gasteiger partial charge in [-0.25, -0.2) is 8.78 Å². The molecule has 0 atom stereocenters. The van der Waals surface area contributed by atoms with Gasteiger partial charge in [-0.3, -0.25) is 9.59 Å². The Morgan fingerprint density at radius 1 is 0.643 bits per heavy atom. The van der Waals surface area contributed by atoms with Crippen LogP contribution in [0.4, 0.5) is 20.2 Å². The molecule has 0 unspecified atom stereocenters. The van der Waals surface area contributed by atoms with Crippen LogP contribution < -0.4 is 22.9 Å². The van der Waals surface area contributed by atoms with E-state index in [1.54, 1.807) is 0 Å². The van der Waals surface area contributed by atoms with Crippen molar-refractivity contribution in [2.24, 2.45) is 11.5 Å². The predicted molar refractivity (Wildman–Crippen MR) is 103 cm³/mol. The quantitative estimate of drug-likeness (QED) is 0.515. The number of hydrogen-bond donors (Lipinski definition) is 4. The number of benzene rings is 3. The van der Waals surface area contributed by atoms with E-state index in [1.165, 1.54) is 36.4 Å². The molecule has 0 aliphatic rings. The number of nitrogens with two attached hydrogens (primary N) is 4. The second-order valence-corrected chi connectivity index (χ2v) is 6.11. The Balaban J connectivity index is 2.47. The molecule has 0 aromatic heterocycles. The van der Waals surface area contributed by atoms with E-state index >= 15 is 0 Å². The number of halogens is 2. The predicted octanol–water partition coefficient (Wildman–Crippen LogP) is 2.66. The molecule has 142 valence electrons. The zero-order chi connectivity index (χ0) is 20.6. The third-order valence-electron chi connectivity index (χ3n) is 4.31. The highest BCUT2D eigenvalue weighted by molar-refractivity contribution is 6.10. The highest BCUT2D eigenvalue weighted by Crippen LogP contribution is 2.39. The van der Waals surface area contributed by atoms with Crippen molar-refractivity contribution < 1.29 is 18.4 Å². The molecule has 0 bridgehead atoms. The molecule has 28 heavy (non-hydrogen) atoms. The summed E-state index contributed by atoms with van der Waals surface area (Å²) in [4.78, 5) is 24.1. The van der Waals surface area contributed by atoms with Gasteiger partial charge in [-0.15, -0.1) is 0 Å². The summed E-state index contributed by atoms with van der Waals surface area (Å²) < 4.78 is 28.2. The van der Waals surface area contributed by atoms with Gasteiger partial charge < -0.3 is 22.9 Å². The molecule has 0 radical (unpaired) electrons. The average Bonchev–Trinajstić information content (AvgIpc) is 2.65. The number of nitrogen functional groups attached to an aromatic ring is 2. The summed E-state index contributed by atoms with van der Waals surface area (Å²) in [6.07, 6.45) is 0. The van der Waals surface area contributed by atoms with Gasteiger partial charge in [0.15, 0.2) is 0 Å². The Morgan fingerprint density at radius 3 is 1.29 bits per heavy atom. The third-order valence-corrected chi connectivity index (χ3v) is 4.31. The topological polar surface area (TPSA) is 138 Å². The smallest absolute Gasteiger partial charge is 0.249 e. The Labute approximate surface area is 158 Å². The largest absolute Gasteiger partial charge is 0.396 e. The molecule has 8 N–H and O–H groups in total. The summed E-state index contributed by atoms with van der Waals surface area (Å²) in [6, 6.07) is 10.3. The molecule has 0 saturated carbocycles. The van der Waals surface area contributed by atoms with Crippen molar-refractivity contribution in [3.8, 4) is 22.3 Å². The lowest BCUT2D eigenvalue weighted by atomic mass is 9.86. The first-order valence-electron chi connectivity index (χ1n) is 8.08. The minimum absolute atomic E-state index is 0.00130. The summed E-state index contributed by atoms with van der Waals surface area (Å²) in [7, 11) is 0. The van der Waals surface area contributed by atoms with E-state index < -0.39 is 23.4 Å². The van der Waals surface area contributed by atoms with Gasteiger partial charge in [0.2, 0.25) is 11.8 Å². The monoisotopic (exact) mass is 382 g/mol. The van der Waals surface area contributed by atoms with Crippen molar-refractivity contribution in [3.05, 3.63) is 71.3 Å². The van der Waals surface area contributed by atoms with Crippen LogP contribution in [0.5, 0.6) is 0 Å². The van der Waals surface area contributed by atoms with Gasteiger partial charge >= 0.3 is 0 Å². The van der Waals surface area contributed by atoms with Crippen LogP contribution in [-0.4, -0.2) is 11.8 Å². The zero-order valence-corrected chi connectivity index (χ0v) is 14.5. The normalized spacial score (nSPS) is 10.6. The minimum Gasteiger partial charge on any atom is -0.396 e. The molecule has 0 aliphatic heterocycles. The Bertz CT molecular complexity index is 1040. The number of amides is 2. The van der Waals surface area contributed by atoms with Gasteiger partial charge in [-0.2, -0.15) is 0 Å². The number of hydrogen-bond acceptors (Lipinski definition) is 4. The van der Waals surface area contributed by atoms with Gasteiger partial charge in [0, 0.05) is 22.3 Å². The lowest BCUT2D eigenvalue weighted by Gasteiger charge is -2.18. The fourth-order valence-electron chi connectivity index (χ4n) is 2.98. The van der Waals surface area contributed by atoms with Gasteiger partial charge in [-0.1, -0.05) is 12.1 Å². The van der Waals surface area contributed by atoms with E-state index in [1.807, 2.05) is 0 Å². The van der Waals surface area contributed by atoms with E-state index in [0.29, 0.717) is 0 Å². The van der Waals surface area contributed by atoms with Crippen molar-refractivity contribution >= 4 is 23.2 Å². The lowest BCUT2D eigenvalue weighted by Crippen LogP contribution is -2.17. The number of rotatable bonds is 4. The van der Waals surface area contributed by atoms with Crippen LogP contribution >= 0.6 is 0 Å². The lowest BCUT2D eigenvalue weighted by molar-refractivity contribution is 0.0989. The van der Waals surface area contributed by atoms with Crippen molar-refractivity contribution in [2.45, 2.75) is 0 Å². The Hall–Kier alpha value is -3.94. The molecule has 2 amide bonds. The van der Waals surface area contributed by atoms with E-state index in [9.17, 15) is 18.4 Å². The second kappa shape index (κ2) is 6.99. The highest BCUT2D eigenvalue weighted by Gasteiger charge is 2.23. The maximum atomic E-state index is 14.1. The van der Waals surface area contributed by atoms with E-state index in [0.717, 1.165) is 12.1 Å². The van der Waals surface area contributed by atoms with E-state index in [4.69, 9.17) is 22.9 Å². The molecule has 3 rings (SSSR count). The fourth-order valence-corrected chi connectivity index (χ4v) is 2.98. The van der Waals surface area contributed by atoms with Crippen LogP contribution in [0.15, 0.2) is 48.5 Å². The summed E-state index contributed by atoms with van der Waals surface area (Å²) in [6.45, 7) is 0. The zero-order valence-electron chi connectivity index (χ0n) is 14.5. The molecule has 0 heterocycles. The van der Waals surface area contributed by atoms with Gasteiger partial charge in [0.1, 0.15) is 11.6 Å². The van der Waals surface area contributed by atoms with Crippen LogP contribution in [0.1, 0.15) is 20.7 Å². The van der Waals surface area contributed by atoms with E-state index in [-0.39, 0.29) is 44.8 Å². The maximum Gasteiger partial charge on any atom is 0.249 e. The van der Waals surface area contributed by atoms with Crippen LogP contribution in [0.2, 0.25) is 0 Å². The molecular formula is C20H16F2N4O2. The van der Waals surface area contributed by atoms with Crippen LogP contribution in [0.25, 0.3) is 22.3 Å². The van der Waals surface area contributed by atoms with Gasteiger partial charge in [0.05, 0.1) is 11.4 Å². The second-order valence-electron chi connectivity index (χ2n) is 6.11. The molecular weight excluding hydrogens is 366 g/mol. The number of carbonyl (C=O) groups excluding carboxylic acids is 2. The van der Waals surface area contributed by atoms with Crippen LogP contribution in [-0.2, 0) is 0 Å². The van der Waals surface area contributed by atoms with Crippen molar-refractivity contribution in [1.82, 2.24) is 0 Å².